The molecule has 10 heteroatoms. The van der Waals surface area contributed by atoms with Crippen LogP contribution in [-0.2, 0) is 4.74 Å². The SMILES string of the molecule is CC1CC(Nc2cc3ncccc3c(NC3C[C@H]4CCC[C@@H](C3)N4C(=O)OCCC#N)n2)NN1. The minimum absolute atomic E-state index is 0.103. The van der Waals surface area contributed by atoms with E-state index in [0.29, 0.717) is 6.04 Å². The maximum absolute atomic E-state index is 12.7. The third kappa shape index (κ3) is 4.86. The Bertz CT molecular complexity index is 1060. The number of amides is 1. The molecule has 0 spiro atoms. The van der Waals surface area contributed by atoms with Crippen LogP contribution in [0.2, 0.25) is 0 Å². The Balaban J connectivity index is 1.32. The van der Waals surface area contributed by atoms with Crippen LogP contribution in [-0.4, -0.2) is 57.9 Å². The fourth-order valence-electron chi connectivity index (χ4n) is 5.50. The molecule has 34 heavy (non-hydrogen) atoms. The van der Waals surface area contributed by atoms with Gasteiger partial charge in [0.15, 0.2) is 0 Å². The standard InChI is InChI=1S/C24H32N8O2/c1-15-11-22(31-30-15)28-21-14-20-19(7-3-9-26-20)23(29-21)27-16-12-17-5-2-6-18(13-16)32(17)24(33)34-10-4-8-25/h3,7,9,14-18,22,30-31H,2,4-6,10-13H2,1H3,(H2,27,28,29)/t15?,16?,17-,18+,22?. The van der Waals surface area contributed by atoms with E-state index in [0.717, 1.165) is 61.1 Å². The van der Waals surface area contributed by atoms with Gasteiger partial charge in [0.05, 0.1) is 24.2 Å². The summed E-state index contributed by atoms with van der Waals surface area (Å²) in [6.45, 7) is 2.29. The number of fused-ring (bicyclic) bond motifs is 3. The summed E-state index contributed by atoms with van der Waals surface area (Å²) in [7, 11) is 0. The van der Waals surface area contributed by atoms with Crippen molar-refractivity contribution in [1.29, 1.82) is 5.26 Å². The van der Waals surface area contributed by atoms with Crippen molar-refractivity contribution in [1.82, 2.24) is 25.7 Å². The molecule has 0 aromatic carbocycles. The average Bonchev–Trinajstić information content (AvgIpc) is 3.23. The Kier molecular flexibility index (Phi) is 6.65. The van der Waals surface area contributed by atoms with Gasteiger partial charge in [0.1, 0.15) is 18.2 Å². The minimum Gasteiger partial charge on any atom is -0.448 e. The van der Waals surface area contributed by atoms with Gasteiger partial charge in [0.2, 0.25) is 0 Å². The number of pyridine rings is 2. The number of piperidine rings is 2. The van der Waals surface area contributed by atoms with E-state index in [1.54, 1.807) is 6.20 Å². The number of rotatable bonds is 6. The third-order valence-electron chi connectivity index (χ3n) is 6.98. The summed E-state index contributed by atoms with van der Waals surface area (Å²) in [4.78, 5) is 24.1. The molecule has 10 nitrogen and oxygen atoms in total. The maximum Gasteiger partial charge on any atom is 0.410 e. The first-order chi connectivity index (χ1) is 16.6. The lowest BCUT2D eigenvalue weighted by Gasteiger charge is -2.48. The predicted molar refractivity (Wildman–Crippen MR) is 129 cm³/mol. The summed E-state index contributed by atoms with van der Waals surface area (Å²) in [6, 6.07) is 8.86. The molecule has 0 aliphatic carbocycles. The first-order valence-electron chi connectivity index (χ1n) is 12.2. The molecule has 2 aromatic heterocycles. The summed E-state index contributed by atoms with van der Waals surface area (Å²) in [5.41, 5.74) is 7.37. The normalized spacial score (nSPS) is 28.4. The van der Waals surface area contributed by atoms with Crippen molar-refractivity contribution < 1.29 is 9.53 Å². The Morgan fingerprint density at radius 3 is 2.82 bits per heavy atom. The Morgan fingerprint density at radius 1 is 1.26 bits per heavy atom. The molecule has 2 bridgehead atoms. The molecule has 3 unspecified atom stereocenters. The van der Waals surface area contributed by atoms with Gasteiger partial charge < -0.3 is 20.3 Å². The van der Waals surface area contributed by atoms with Crippen LogP contribution in [0.15, 0.2) is 24.4 Å². The highest BCUT2D eigenvalue weighted by atomic mass is 16.6. The molecular formula is C24H32N8O2. The summed E-state index contributed by atoms with van der Waals surface area (Å²) in [5.74, 6) is 1.60. The predicted octanol–water partition coefficient (Wildman–Crippen LogP) is 3.10. The summed E-state index contributed by atoms with van der Waals surface area (Å²) < 4.78 is 5.36. The molecule has 3 aliphatic heterocycles. The molecular weight excluding hydrogens is 432 g/mol. The van der Waals surface area contributed by atoms with Gasteiger partial charge in [-0.3, -0.25) is 10.4 Å². The minimum atomic E-state index is -0.283. The van der Waals surface area contributed by atoms with E-state index >= 15 is 0 Å². The number of anilines is 2. The number of nitrogens with zero attached hydrogens (tertiary/aromatic N) is 4. The number of hydrazine groups is 1. The lowest BCUT2D eigenvalue weighted by atomic mass is 9.82. The third-order valence-corrected chi connectivity index (χ3v) is 6.98. The van der Waals surface area contributed by atoms with E-state index in [4.69, 9.17) is 15.0 Å². The summed E-state index contributed by atoms with van der Waals surface area (Å²) in [6.07, 6.45) is 7.55. The topological polar surface area (TPSA) is 127 Å². The van der Waals surface area contributed by atoms with E-state index in [9.17, 15) is 4.79 Å². The van der Waals surface area contributed by atoms with Crippen molar-refractivity contribution in [3.8, 4) is 6.07 Å². The van der Waals surface area contributed by atoms with E-state index < -0.39 is 0 Å². The first-order valence-corrected chi connectivity index (χ1v) is 12.2. The van der Waals surface area contributed by atoms with Crippen LogP contribution in [0.5, 0.6) is 0 Å². The molecule has 1 amide bonds. The average molecular weight is 465 g/mol. The number of nitrogens with one attached hydrogen (secondary N) is 4. The fourth-order valence-corrected chi connectivity index (χ4v) is 5.50. The number of nitriles is 1. The quantitative estimate of drug-likeness (QED) is 0.477. The second kappa shape index (κ2) is 9.99. The van der Waals surface area contributed by atoms with Crippen LogP contribution in [0, 0.1) is 11.3 Å². The van der Waals surface area contributed by atoms with Gasteiger partial charge in [-0.25, -0.2) is 15.2 Å². The molecule has 5 heterocycles. The highest BCUT2D eigenvalue weighted by molar-refractivity contribution is 5.91. The number of ether oxygens (including phenoxy) is 1. The van der Waals surface area contributed by atoms with Crippen molar-refractivity contribution in [2.24, 2.45) is 0 Å². The molecule has 2 aromatic rings. The second-order valence-corrected chi connectivity index (χ2v) is 9.53. The Morgan fingerprint density at radius 2 is 2.09 bits per heavy atom. The molecule has 3 fully saturated rings. The van der Waals surface area contributed by atoms with Gasteiger partial charge in [-0.2, -0.15) is 5.26 Å². The maximum atomic E-state index is 12.7. The van der Waals surface area contributed by atoms with E-state index in [-0.39, 0.29) is 43.4 Å². The summed E-state index contributed by atoms with van der Waals surface area (Å²) >= 11 is 0. The number of carbonyl (C=O) groups excluding carboxylic acids is 1. The monoisotopic (exact) mass is 464 g/mol. The fraction of sp³-hybridized carbons (Fsp3) is 0.583. The van der Waals surface area contributed by atoms with Gasteiger partial charge in [0.25, 0.3) is 0 Å². The van der Waals surface area contributed by atoms with Crippen LogP contribution in [0.3, 0.4) is 0 Å². The first kappa shape index (κ1) is 22.6. The van der Waals surface area contributed by atoms with E-state index in [1.165, 1.54) is 0 Å². The van der Waals surface area contributed by atoms with E-state index in [2.05, 4.69) is 33.4 Å². The van der Waals surface area contributed by atoms with Gasteiger partial charge >= 0.3 is 6.09 Å². The number of hydrogen-bond donors (Lipinski definition) is 4. The highest BCUT2D eigenvalue weighted by Gasteiger charge is 2.41. The molecule has 180 valence electrons. The molecule has 3 aliphatic rings. The van der Waals surface area contributed by atoms with Crippen molar-refractivity contribution in [2.75, 3.05) is 17.2 Å². The van der Waals surface area contributed by atoms with Crippen molar-refractivity contribution >= 4 is 28.6 Å². The highest BCUT2D eigenvalue weighted by Crippen LogP contribution is 2.36. The van der Waals surface area contributed by atoms with Crippen LogP contribution >= 0.6 is 0 Å². The molecule has 4 N–H and O–H groups in total. The van der Waals surface area contributed by atoms with Crippen LogP contribution < -0.4 is 21.5 Å². The molecule has 3 saturated heterocycles. The summed E-state index contributed by atoms with van der Waals surface area (Å²) in [5, 5.41) is 16.9. The van der Waals surface area contributed by atoms with Gasteiger partial charge in [-0.1, -0.05) is 0 Å². The van der Waals surface area contributed by atoms with Gasteiger partial charge in [-0.15, -0.1) is 0 Å². The molecule has 5 rings (SSSR count). The number of carbonyl (C=O) groups is 1. The van der Waals surface area contributed by atoms with Gasteiger partial charge in [-0.05, 0) is 57.6 Å². The lowest BCUT2D eigenvalue weighted by Crippen LogP contribution is -2.57. The molecule has 0 radical (unpaired) electrons. The largest absolute Gasteiger partial charge is 0.448 e. The molecule has 5 atom stereocenters. The zero-order chi connectivity index (χ0) is 23.5. The van der Waals surface area contributed by atoms with Crippen molar-refractivity contribution in [3.63, 3.8) is 0 Å². The molecule has 0 saturated carbocycles. The number of hydrogen-bond acceptors (Lipinski definition) is 9. The van der Waals surface area contributed by atoms with Crippen LogP contribution in [0.25, 0.3) is 10.9 Å². The smallest absolute Gasteiger partial charge is 0.410 e. The Hall–Kier alpha value is -3.16. The number of aromatic nitrogens is 2. The van der Waals surface area contributed by atoms with E-state index in [1.807, 2.05) is 29.2 Å². The van der Waals surface area contributed by atoms with Gasteiger partial charge in [0, 0.05) is 41.8 Å². The lowest BCUT2D eigenvalue weighted by molar-refractivity contribution is 0.0206. The zero-order valence-electron chi connectivity index (χ0n) is 19.5. The van der Waals surface area contributed by atoms with Crippen LogP contribution in [0.4, 0.5) is 16.4 Å². The van der Waals surface area contributed by atoms with Crippen LogP contribution in [0.1, 0.15) is 51.9 Å². The Labute approximate surface area is 199 Å². The van der Waals surface area contributed by atoms with Crippen molar-refractivity contribution in [2.45, 2.75) is 82.2 Å². The zero-order valence-corrected chi connectivity index (χ0v) is 19.5. The second-order valence-electron chi connectivity index (χ2n) is 9.53. The van der Waals surface area contributed by atoms with Crippen molar-refractivity contribution in [3.05, 3.63) is 24.4 Å².